The molecule has 4 nitrogen and oxygen atoms in total. The number of rotatable bonds is 4. The second-order valence-corrected chi connectivity index (χ2v) is 7.12. The average Bonchev–Trinajstić information content (AvgIpc) is 2.75. The highest BCUT2D eigenvalue weighted by molar-refractivity contribution is 7.16. The summed E-state index contributed by atoms with van der Waals surface area (Å²) in [7, 11) is 0. The van der Waals surface area contributed by atoms with Crippen LogP contribution in [0.1, 0.15) is 21.6 Å². The Labute approximate surface area is 165 Å². The van der Waals surface area contributed by atoms with Gasteiger partial charge in [-0.25, -0.2) is 4.98 Å². The summed E-state index contributed by atoms with van der Waals surface area (Å²) in [6.07, 6.45) is 0. The number of hydrogen-bond donors (Lipinski definition) is 1. The van der Waals surface area contributed by atoms with Crippen LogP contribution in [-0.2, 0) is 0 Å². The van der Waals surface area contributed by atoms with Gasteiger partial charge in [0.15, 0.2) is 5.78 Å². The summed E-state index contributed by atoms with van der Waals surface area (Å²) in [5, 5.41) is 10.9. The molecule has 0 spiro atoms. The lowest BCUT2D eigenvalue weighted by molar-refractivity contribution is 0.105. The van der Waals surface area contributed by atoms with Crippen molar-refractivity contribution in [2.24, 2.45) is 0 Å². The molecule has 3 aromatic carbocycles. The van der Waals surface area contributed by atoms with Crippen molar-refractivity contribution in [2.45, 2.75) is 0 Å². The highest BCUT2D eigenvalue weighted by atomic mass is 32.1. The van der Waals surface area contributed by atoms with Crippen molar-refractivity contribution >= 4 is 38.7 Å². The van der Waals surface area contributed by atoms with Crippen LogP contribution in [0.15, 0.2) is 89.7 Å². The number of aliphatic hydroxyl groups is 1. The van der Waals surface area contributed by atoms with Gasteiger partial charge in [0.2, 0.25) is 0 Å². The molecule has 0 radical (unpaired) electrons. The fraction of sp³-hybridized carbons (Fsp3) is 0. The van der Waals surface area contributed by atoms with Crippen LogP contribution in [0.2, 0.25) is 0 Å². The molecule has 1 aromatic heterocycles. The van der Waals surface area contributed by atoms with Crippen molar-refractivity contribution in [2.75, 3.05) is 0 Å². The monoisotopic (exact) mass is 385 g/mol. The topological polar surface area (TPSA) is 67.3 Å². The molecule has 0 aliphatic rings. The Bertz CT molecular complexity index is 1250. The largest absolute Gasteiger partial charge is 0.506 e. The number of hydrogen-bond acceptors (Lipinski definition) is 5. The minimum Gasteiger partial charge on any atom is -0.506 e. The maximum absolute atomic E-state index is 13.3. The second kappa shape index (κ2) is 7.58. The van der Waals surface area contributed by atoms with Gasteiger partial charge >= 0.3 is 0 Å². The third kappa shape index (κ3) is 3.35. The highest BCUT2D eigenvalue weighted by Crippen LogP contribution is 2.27. The van der Waals surface area contributed by atoms with Crippen LogP contribution in [0.4, 0.5) is 0 Å². The summed E-state index contributed by atoms with van der Waals surface area (Å²) in [6, 6.07) is 24.5. The molecule has 5 heteroatoms. The molecular weight excluding hydrogens is 370 g/mol. The minimum absolute atomic E-state index is 0.0427. The molecule has 0 unspecified atom stereocenters. The van der Waals surface area contributed by atoms with E-state index in [-0.39, 0.29) is 21.8 Å². The van der Waals surface area contributed by atoms with Crippen LogP contribution in [0.25, 0.3) is 21.5 Å². The fourth-order valence-corrected chi connectivity index (χ4v) is 3.72. The number of fused-ring (bicyclic) bond motifs is 1. The molecular formula is C23H15NO3S. The number of carbonyl (C=O) groups excluding carboxylic acids is 1. The van der Waals surface area contributed by atoms with E-state index < -0.39 is 5.78 Å². The normalized spacial score (nSPS) is 11.9. The van der Waals surface area contributed by atoms with Gasteiger partial charge in [0, 0.05) is 11.1 Å². The van der Waals surface area contributed by atoms with Crippen LogP contribution in [-0.4, -0.2) is 15.9 Å². The molecule has 0 aliphatic carbocycles. The van der Waals surface area contributed by atoms with E-state index in [0.717, 1.165) is 16.0 Å². The Kier molecular flexibility index (Phi) is 4.83. The summed E-state index contributed by atoms with van der Waals surface area (Å²) in [5.41, 5.74) is 1.28. The standard InChI is InChI=1S/C23H15NO3S/c25-21(15-9-3-1-4-10-15)19(22(26)16-11-5-2-6-12-16)20-23(27)28-18-14-8-7-13-17(18)24-20/h1-14,25H/b21-19+. The van der Waals surface area contributed by atoms with Gasteiger partial charge in [-0.3, -0.25) is 9.59 Å². The number of nitrogens with zero attached hydrogens (tertiary/aromatic N) is 1. The number of aliphatic hydroxyl groups excluding tert-OH is 1. The van der Waals surface area contributed by atoms with Crippen molar-refractivity contribution in [3.8, 4) is 0 Å². The van der Waals surface area contributed by atoms with Gasteiger partial charge in [0.25, 0.3) is 4.74 Å². The average molecular weight is 385 g/mol. The number of para-hydroxylation sites is 1. The first-order chi connectivity index (χ1) is 13.6. The fourth-order valence-electron chi connectivity index (χ4n) is 2.91. The predicted molar refractivity (Wildman–Crippen MR) is 113 cm³/mol. The Morgan fingerprint density at radius 3 is 2.04 bits per heavy atom. The molecule has 1 heterocycles. The molecule has 0 atom stereocenters. The minimum atomic E-state index is -0.450. The Hall–Kier alpha value is -3.57. The summed E-state index contributed by atoms with van der Waals surface area (Å²) in [6.45, 7) is 0. The third-order valence-electron chi connectivity index (χ3n) is 4.28. The van der Waals surface area contributed by atoms with Gasteiger partial charge in [-0.05, 0) is 12.1 Å². The van der Waals surface area contributed by atoms with Crippen molar-refractivity contribution < 1.29 is 9.90 Å². The molecule has 4 aromatic rings. The van der Waals surface area contributed by atoms with Gasteiger partial charge in [-0.1, -0.05) is 84.1 Å². The Balaban J connectivity index is 2.00. The van der Waals surface area contributed by atoms with Crippen molar-refractivity contribution in [3.63, 3.8) is 0 Å². The van der Waals surface area contributed by atoms with Crippen LogP contribution in [0, 0.1) is 0 Å². The first-order valence-corrected chi connectivity index (χ1v) is 9.45. The lowest BCUT2D eigenvalue weighted by Gasteiger charge is -2.10. The number of Topliss-reactive ketones (excluding diaryl/α,β-unsaturated/α-hetero) is 1. The maximum atomic E-state index is 13.3. The van der Waals surface area contributed by atoms with Gasteiger partial charge in [-0.15, -0.1) is 0 Å². The first-order valence-electron chi connectivity index (χ1n) is 8.64. The van der Waals surface area contributed by atoms with E-state index in [1.54, 1.807) is 66.7 Å². The molecule has 0 saturated heterocycles. The molecule has 0 amide bonds. The summed E-state index contributed by atoms with van der Waals surface area (Å²) < 4.78 is 0.349. The number of allylic oxidation sites excluding steroid dienone is 1. The molecule has 1 N–H and O–H groups in total. The highest BCUT2D eigenvalue weighted by Gasteiger charge is 2.24. The lowest BCUT2D eigenvalue weighted by Crippen LogP contribution is -2.15. The number of aromatic nitrogens is 1. The summed E-state index contributed by atoms with van der Waals surface area (Å²) in [5.74, 6) is -0.712. The molecule has 0 fully saturated rings. The molecule has 0 bridgehead atoms. The van der Waals surface area contributed by atoms with E-state index >= 15 is 0 Å². The number of carbonyl (C=O) groups is 1. The molecule has 28 heavy (non-hydrogen) atoms. The van der Waals surface area contributed by atoms with Crippen LogP contribution >= 0.6 is 11.3 Å². The second-order valence-electron chi connectivity index (χ2n) is 6.10. The van der Waals surface area contributed by atoms with Crippen molar-refractivity contribution in [1.29, 1.82) is 0 Å². The Morgan fingerprint density at radius 2 is 1.36 bits per heavy atom. The van der Waals surface area contributed by atoms with E-state index in [9.17, 15) is 14.7 Å². The predicted octanol–water partition coefficient (Wildman–Crippen LogP) is 4.97. The third-order valence-corrected chi connectivity index (χ3v) is 5.22. The smallest absolute Gasteiger partial charge is 0.259 e. The quantitative estimate of drug-likeness (QED) is 0.306. The summed E-state index contributed by atoms with van der Waals surface area (Å²) >= 11 is 1.01. The van der Waals surface area contributed by atoms with Gasteiger partial charge in [0.05, 0.1) is 15.8 Å². The number of benzene rings is 3. The van der Waals surface area contributed by atoms with Crippen molar-refractivity contribution in [3.05, 3.63) is 111 Å². The van der Waals surface area contributed by atoms with Crippen molar-refractivity contribution in [1.82, 2.24) is 4.98 Å². The SMILES string of the molecule is O=C(/C(=C(/O)c1ccccc1)c1nc2ccccc2sc1=O)c1ccccc1. The number of ketones is 1. The van der Waals surface area contributed by atoms with Gasteiger partial charge < -0.3 is 5.11 Å². The first kappa shape index (κ1) is 17.8. The molecule has 4 rings (SSSR count). The summed E-state index contributed by atoms with van der Waals surface area (Å²) in [4.78, 5) is 30.5. The lowest BCUT2D eigenvalue weighted by atomic mass is 9.97. The van der Waals surface area contributed by atoms with E-state index in [2.05, 4.69) is 4.98 Å². The zero-order valence-electron chi connectivity index (χ0n) is 14.7. The zero-order valence-corrected chi connectivity index (χ0v) is 15.5. The van der Waals surface area contributed by atoms with E-state index in [1.807, 2.05) is 18.2 Å². The maximum Gasteiger partial charge on any atom is 0.259 e. The van der Waals surface area contributed by atoms with Crippen LogP contribution < -0.4 is 4.74 Å². The van der Waals surface area contributed by atoms with E-state index in [4.69, 9.17) is 0 Å². The van der Waals surface area contributed by atoms with E-state index in [1.165, 1.54) is 0 Å². The van der Waals surface area contributed by atoms with Crippen LogP contribution in [0.3, 0.4) is 0 Å². The van der Waals surface area contributed by atoms with Gasteiger partial charge in [-0.2, -0.15) is 0 Å². The molecule has 0 saturated carbocycles. The molecule has 136 valence electrons. The molecule has 0 aliphatic heterocycles. The Morgan fingerprint density at radius 1 is 0.786 bits per heavy atom. The zero-order chi connectivity index (χ0) is 19.5. The van der Waals surface area contributed by atoms with Crippen LogP contribution in [0.5, 0.6) is 0 Å². The van der Waals surface area contributed by atoms with E-state index in [0.29, 0.717) is 16.6 Å². The van der Waals surface area contributed by atoms with Gasteiger partial charge in [0.1, 0.15) is 11.5 Å².